The van der Waals surface area contributed by atoms with Crippen LogP contribution in [0.2, 0.25) is 0 Å². The van der Waals surface area contributed by atoms with Crippen molar-refractivity contribution in [3.63, 3.8) is 0 Å². The minimum atomic E-state index is 0.172. The summed E-state index contributed by atoms with van der Waals surface area (Å²) in [6.07, 6.45) is 4.44. The number of fused-ring (bicyclic) bond motifs is 1. The molecule has 0 spiro atoms. The standard InChI is InChI=1S/C15H23NO2S/c1-4-6-14-16-15-12(17)8-11(9-13(15)18-14)7-10(3)19-5-2/h10-11H,4-9H2,1-3H3. The Bertz CT molecular complexity index is 441. The molecule has 0 aromatic carbocycles. The van der Waals surface area contributed by atoms with Gasteiger partial charge in [-0.15, -0.1) is 0 Å². The molecule has 2 rings (SSSR count). The number of hydrogen-bond acceptors (Lipinski definition) is 4. The molecule has 3 nitrogen and oxygen atoms in total. The molecule has 1 heterocycles. The molecule has 0 radical (unpaired) electrons. The SMILES string of the molecule is CCCc1nc2c(o1)CC(CC(C)SCC)CC2=O. The fraction of sp³-hybridized carbons (Fsp3) is 0.733. The van der Waals surface area contributed by atoms with E-state index in [-0.39, 0.29) is 5.78 Å². The summed E-state index contributed by atoms with van der Waals surface area (Å²) in [5.74, 6) is 3.30. The average molecular weight is 281 g/mol. The van der Waals surface area contributed by atoms with Gasteiger partial charge in [0, 0.05) is 24.5 Å². The molecule has 0 N–H and O–H groups in total. The number of ketones is 1. The zero-order chi connectivity index (χ0) is 13.8. The van der Waals surface area contributed by atoms with Crippen LogP contribution >= 0.6 is 11.8 Å². The van der Waals surface area contributed by atoms with E-state index in [4.69, 9.17) is 4.42 Å². The van der Waals surface area contributed by atoms with Crippen LogP contribution in [0.3, 0.4) is 0 Å². The minimum absolute atomic E-state index is 0.172. The number of aryl methyl sites for hydroxylation is 1. The van der Waals surface area contributed by atoms with Crippen LogP contribution in [-0.2, 0) is 12.8 Å². The molecule has 1 aromatic heterocycles. The largest absolute Gasteiger partial charge is 0.445 e. The molecule has 0 fully saturated rings. The highest BCUT2D eigenvalue weighted by Gasteiger charge is 2.30. The van der Waals surface area contributed by atoms with E-state index in [1.807, 2.05) is 11.8 Å². The lowest BCUT2D eigenvalue weighted by Gasteiger charge is -2.22. The highest BCUT2D eigenvalue weighted by Crippen LogP contribution is 2.31. The van der Waals surface area contributed by atoms with Crippen LogP contribution in [0.5, 0.6) is 0 Å². The number of thioether (sulfide) groups is 1. The molecular weight excluding hydrogens is 258 g/mol. The summed E-state index contributed by atoms with van der Waals surface area (Å²) in [6, 6.07) is 0. The topological polar surface area (TPSA) is 43.1 Å². The molecule has 0 bridgehead atoms. The fourth-order valence-electron chi connectivity index (χ4n) is 2.76. The molecule has 1 aliphatic rings. The number of oxazole rings is 1. The Morgan fingerprint density at radius 2 is 2.21 bits per heavy atom. The van der Waals surface area contributed by atoms with Gasteiger partial charge in [0.2, 0.25) is 0 Å². The summed E-state index contributed by atoms with van der Waals surface area (Å²) in [5.41, 5.74) is 0.607. The Hall–Kier alpha value is -0.770. The molecule has 1 aliphatic carbocycles. The lowest BCUT2D eigenvalue weighted by Crippen LogP contribution is -2.22. The third-order valence-electron chi connectivity index (χ3n) is 3.53. The van der Waals surface area contributed by atoms with Gasteiger partial charge < -0.3 is 4.42 Å². The van der Waals surface area contributed by atoms with E-state index in [0.29, 0.717) is 23.3 Å². The molecule has 0 aliphatic heterocycles. The Balaban J connectivity index is 2.04. The first-order valence-corrected chi connectivity index (χ1v) is 8.32. The number of hydrogen-bond donors (Lipinski definition) is 0. The Morgan fingerprint density at radius 3 is 2.89 bits per heavy atom. The van der Waals surface area contributed by atoms with Gasteiger partial charge in [0.1, 0.15) is 11.5 Å². The van der Waals surface area contributed by atoms with Crippen LogP contribution < -0.4 is 0 Å². The van der Waals surface area contributed by atoms with Gasteiger partial charge in [-0.3, -0.25) is 4.79 Å². The van der Waals surface area contributed by atoms with E-state index in [1.165, 1.54) is 0 Å². The quantitative estimate of drug-likeness (QED) is 0.793. The summed E-state index contributed by atoms with van der Waals surface area (Å²) in [4.78, 5) is 16.5. The first-order chi connectivity index (χ1) is 9.13. The van der Waals surface area contributed by atoms with Crippen LogP contribution in [0.1, 0.15) is 62.2 Å². The van der Waals surface area contributed by atoms with Gasteiger partial charge in [-0.1, -0.05) is 20.8 Å². The van der Waals surface area contributed by atoms with E-state index >= 15 is 0 Å². The number of carbonyl (C=O) groups excluding carboxylic acids is 1. The molecular formula is C15H23NO2S. The zero-order valence-corrected chi connectivity index (χ0v) is 12.9. The maximum Gasteiger partial charge on any atom is 0.195 e. The van der Waals surface area contributed by atoms with Gasteiger partial charge in [0.25, 0.3) is 0 Å². The number of carbonyl (C=O) groups is 1. The molecule has 19 heavy (non-hydrogen) atoms. The van der Waals surface area contributed by atoms with Crippen LogP contribution in [0.4, 0.5) is 0 Å². The minimum Gasteiger partial charge on any atom is -0.445 e. The van der Waals surface area contributed by atoms with Gasteiger partial charge in [0.05, 0.1) is 0 Å². The first kappa shape index (κ1) is 14.6. The van der Waals surface area contributed by atoms with Gasteiger partial charge >= 0.3 is 0 Å². The molecule has 1 aromatic rings. The van der Waals surface area contributed by atoms with Crippen LogP contribution in [-0.4, -0.2) is 21.8 Å². The fourth-order valence-corrected chi connectivity index (χ4v) is 3.74. The number of nitrogens with zero attached hydrogens (tertiary/aromatic N) is 1. The Kier molecular flexibility index (Phi) is 5.08. The molecule has 2 unspecified atom stereocenters. The van der Waals surface area contributed by atoms with Crippen molar-refractivity contribution < 1.29 is 9.21 Å². The van der Waals surface area contributed by atoms with Crippen LogP contribution in [0, 0.1) is 5.92 Å². The first-order valence-electron chi connectivity index (χ1n) is 7.27. The lowest BCUT2D eigenvalue weighted by atomic mass is 9.86. The highest BCUT2D eigenvalue weighted by molar-refractivity contribution is 7.99. The van der Waals surface area contributed by atoms with Crippen molar-refractivity contribution in [2.75, 3.05) is 5.75 Å². The third kappa shape index (κ3) is 3.62. The number of rotatable bonds is 6. The van der Waals surface area contributed by atoms with Crippen molar-refractivity contribution in [1.82, 2.24) is 4.98 Å². The predicted molar refractivity (Wildman–Crippen MR) is 78.9 cm³/mol. The van der Waals surface area contributed by atoms with E-state index in [2.05, 4.69) is 25.8 Å². The smallest absolute Gasteiger partial charge is 0.195 e. The van der Waals surface area contributed by atoms with Crippen molar-refractivity contribution in [3.05, 3.63) is 17.3 Å². The van der Waals surface area contributed by atoms with Crippen molar-refractivity contribution in [3.8, 4) is 0 Å². The summed E-state index contributed by atoms with van der Waals surface area (Å²) < 4.78 is 5.75. The molecule has 0 saturated heterocycles. The summed E-state index contributed by atoms with van der Waals surface area (Å²) in [6.45, 7) is 6.52. The zero-order valence-electron chi connectivity index (χ0n) is 12.1. The second-order valence-corrected chi connectivity index (χ2v) is 7.04. The molecule has 0 amide bonds. The number of Topliss-reactive ketones (excluding diaryl/α,β-unsaturated/α-hetero) is 1. The van der Waals surface area contributed by atoms with Gasteiger partial charge in [-0.2, -0.15) is 11.8 Å². The van der Waals surface area contributed by atoms with Crippen LogP contribution in [0.15, 0.2) is 4.42 Å². The molecule has 4 heteroatoms. The van der Waals surface area contributed by atoms with Gasteiger partial charge in [0.15, 0.2) is 11.7 Å². The Morgan fingerprint density at radius 1 is 1.42 bits per heavy atom. The van der Waals surface area contributed by atoms with Crippen molar-refractivity contribution >= 4 is 17.5 Å². The highest BCUT2D eigenvalue weighted by atomic mass is 32.2. The maximum absolute atomic E-state index is 12.1. The molecule has 2 atom stereocenters. The predicted octanol–water partition coefficient (Wildman–Crippen LogP) is 3.90. The number of aromatic nitrogens is 1. The summed E-state index contributed by atoms with van der Waals surface area (Å²) in [5, 5.41) is 0.613. The van der Waals surface area contributed by atoms with E-state index in [9.17, 15) is 4.79 Å². The monoisotopic (exact) mass is 281 g/mol. The van der Waals surface area contributed by atoms with Crippen LogP contribution in [0.25, 0.3) is 0 Å². The van der Waals surface area contributed by atoms with E-state index in [1.54, 1.807) is 0 Å². The third-order valence-corrected chi connectivity index (χ3v) is 4.63. The molecule has 0 saturated carbocycles. The van der Waals surface area contributed by atoms with Gasteiger partial charge in [-0.05, 0) is 24.5 Å². The summed E-state index contributed by atoms with van der Waals surface area (Å²) >= 11 is 1.96. The lowest BCUT2D eigenvalue weighted by molar-refractivity contribution is 0.0937. The van der Waals surface area contributed by atoms with Crippen molar-refractivity contribution in [2.45, 2.75) is 58.1 Å². The second kappa shape index (κ2) is 6.60. The van der Waals surface area contributed by atoms with Gasteiger partial charge in [-0.25, -0.2) is 4.98 Å². The van der Waals surface area contributed by atoms with E-state index in [0.717, 1.165) is 43.1 Å². The second-order valence-electron chi connectivity index (χ2n) is 5.33. The molecule has 106 valence electrons. The normalized spacial score (nSPS) is 20.4. The maximum atomic E-state index is 12.1. The van der Waals surface area contributed by atoms with Crippen molar-refractivity contribution in [2.24, 2.45) is 5.92 Å². The summed E-state index contributed by atoms with van der Waals surface area (Å²) in [7, 11) is 0. The Labute approximate surface area is 119 Å². The van der Waals surface area contributed by atoms with Crippen molar-refractivity contribution in [1.29, 1.82) is 0 Å². The average Bonchev–Trinajstić information content (AvgIpc) is 2.73. The van der Waals surface area contributed by atoms with E-state index < -0.39 is 0 Å².